The Kier molecular flexibility index (Phi) is 3.55. The summed E-state index contributed by atoms with van der Waals surface area (Å²) in [6.07, 6.45) is 0. The standard InChI is InChI=1S/C14H13F2NO2/c1-8(10-6-5-9(18)7-13(10)19)17-12-4-2-3-11(15)14(12)16/h2-8,17-19H,1H3. The molecule has 19 heavy (non-hydrogen) atoms. The summed E-state index contributed by atoms with van der Waals surface area (Å²) in [5.41, 5.74) is 0.487. The highest BCUT2D eigenvalue weighted by Gasteiger charge is 2.14. The molecule has 0 spiro atoms. The number of phenolic OH excluding ortho intramolecular Hbond substituents is 2. The molecule has 0 aliphatic carbocycles. The first-order valence-electron chi connectivity index (χ1n) is 5.71. The third kappa shape index (κ3) is 2.76. The predicted molar refractivity (Wildman–Crippen MR) is 68.2 cm³/mol. The molecule has 0 saturated heterocycles. The van der Waals surface area contributed by atoms with Crippen molar-refractivity contribution in [3.63, 3.8) is 0 Å². The van der Waals surface area contributed by atoms with Gasteiger partial charge in [0.2, 0.25) is 0 Å². The molecule has 0 heterocycles. The Morgan fingerprint density at radius 1 is 1.11 bits per heavy atom. The minimum atomic E-state index is -0.965. The van der Waals surface area contributed by atoms with Crippen molar-refractivity contribution in [2.24, 2.45) is 0 Å². The lowest BCUT2D eigenvalue weighted by atomic mass is 10.1. The van der Waals surface area contributed by atoms with Gasteiger partial charge in [0.1, 0.15) is 11.5 Å². The molecule has 100 valence electrons. The van der Waals surface area contributed by atoms with Crippen LogP contribution >= 0.6 is 0 Å². The summed E-state index contributed by atoms with van der Waals surface area (Å²) < 4.78 is 26.6. The van der Waals surface area contributed by atoms with E-state index in [-0.39, 0.29) is 17.2 Å². The molecule has 3 N–H and O–H groups in total. The highest BCUT2D eigenvalue weighted by Crippen LogP contribution is 2.30. The lowest BCUT2D eigenvalue weighted by Gasteiger charge is -2.17. The number of phenols is 2. The summed E-state index contributed by atoms with van der Waals surface area (Å²) in [7, 11) is 0. The Morgan fingerprint density at radius 2 is 1.84 bits per heavy atom. The zero-order chi connectivity index (χ0) is 14.0. The molecule has 0 fully saturated rings. The van der Waals surface area contributed by atoms with Crippen molar-refractivity contribution < 1.29 is 19.0 Å². The molecule has 0 aromatic heterocycles. The van der Waals surface area contributed by atoms with E-state index in [0.29, 0.717) is 5.56 Å². The van der Waals surface area contributed by atoms with Gasteiger partial charge in [0.15, 0.2) is 11.6 Å². The van der Waals surface area contributed by atoms with E-state index in [1.807, 2.05) is 0 Å². The molecule has 1 unspecified atom stereocenters. The molecule has 0 bridgehead atoms. The van der Waals surface area contributed by atoms with Crippen LogP contribution in [0.15, 0.2) is 36.4 Å². The van der Waals surface area contributed by atoms with Crippen molar-refractivity contribution in [3.8, 4) is 11.5 Å². The first kappa shape index (κ1) is 13.1. The number of aromatic hydroxyl groups is 2. The van der Waals surface area contributed by atoms with Crippen molar-refractivity contribution in [2.45, 2.75) is 13.0 Å². The molecule has 0 radical (unpaired) electrons. The van der Waals surface area contributed by atoms with Crippen LogP contribution in [-0.4, -0.2) is 10.2 Å². The van der Waals surface area contributed by atoms with Gasteiger partial charge in [0, 0.05) is 11.6 Å². The van der Waals surface area contributed by atoms with Crippen LogP contribution in [0.25, 0.3) is 0 Å². The summed E-state index contributed by atoms with van der Waals surface area (Å²) in [5, 5.41) is 21.7. The first-order valence-corrected chi connectivity index (χ1v) is 5.71. The highest BCUT2D eigenvalue weighted by atomic mass is 19.2. The maximum absolute atomic E-state index is 13.5. The summed E-state index contributed by atoms with van der Waals surface area (Å²) in [4.78, 5) is 0. The van der Waals surface area contributed by atoms with E-state index in [1.54, 1.807) is 6.92 Å². The van der Waals surface area contributed by atoms with E-state index in [1.165, 1.54) is 30.3 Å². The number of hydrogen-bond donors (Lipinski definition) is 3. The van der Waals surface area contributed by atoms with Gasteiger partial charge in [0.05, 0.1) is 11.7 Å². The van der Waals surface area contributed by atoms with Crippen molar-refractivity contribution in [1.29, 1.82) is 0 Å². The molecule has 2 aromatic rings. The average Bonchev–Trinajstić information content (AvgIpc) is 2.34. The Balaban J connectivity index is 2.25. The van der Waals surface area contributed by atoms with Crippen molar-refractivity contribution in [1.82, 2.24) is 0 Å². The lowest BCUT2D eigenvalue weighted by Crippen LogP contribution is -2.08. The third-order valence-electron chi connectivity index (χ3n) is 2.80. The maximum Gasteiger partial charge on any atom is 0.181 e. The number of anilines is 1. The average molecular weight is 265 g/mol. The van der Waals surface area contributed by atoms with Gasteiger partial charge in [-0.05, 0) is 31.2 Å². The predicted octanol–water partition coefficient (Wildman–Crippen LogP) is 3.55. The molecule has 0 aliphatic rings. The molecule has 2 rings (SSSR count). The van der Waals surface area contributed by atoms with Crippen LogP contribution in [0, 0.1) is 11.6 Å². The third-order valence-corrected chi connectivity index (χ3v) is 2.80. The molecular formula is C14H13F2NO2. The minimum absolute atomic E-state index is 0.0139. The van der Waals surface area contributed by atoms with E-state index in [2.05, 4.69) is 5.32 Å². The van der Waals surface area contributed by atoms with Crippen LogP contribution < -0.4 is 5.32 Å². The zero-order valence-corrected chi connectivity index (χ0v) is 10.2. The normalized spacial score (nSPS) is 12.2. The van der Waals surface area contributed by atoms with E-state index in [0.717, 1.165) is 6.07 Å². The molecule has 3 nitrogen and oxygen atoms in total. The van der Waals surface area contributed by atoms with Gasteiger partial charge in [-0.2, -0.15) is 0 Å². The van der Waals surface area contributed by atoms with Gasteiger partial charge in [-0.25, -0.2) is 8.78 Å². The second kappa shape index (κ2) is 5.14. The van der Waals surface area contributed by atoms with Crippen molar-refractivity contribution >= 4 is 5.69 Å². The molecular weight excluding hydrogens is 252 g/mol. The Hall–Kier alpha value is -2.30. The number of rotatable bonds is 3. The monoisotopic (exact) mass is 265 g/mol. The number of benzene rings is 2. The van der Waals surface area contributed by atoms with Crippen molar-refractivity contribution in [3.05, 3.63) is 53.6 Å². The van der Waals surface area contributed by atoms with E-state index < -0.39 is 17.7 Å². The molecule has 0 saturated carbocycles. The van der Waals surface area contributed by atoms with Gasteiger partial charge in [-0.1, -0.05) is 6.07 Å². The van der Waals surface area contributed by atoms with Crippen LogP contribution in [-0.2, 0) is 0 Å². The van der Waals surface area contributed by atoms with Crippen LogP contribution in [0.3, 0.4) is 0 Å². The smallest absolute Gasteiger partial charge is 0.181 e. The fourth-order valence-corrected chi connectivity index (χ4v) is 1.82. The Labute approximate surface area is 109 Å². The topological polar surface area (TPSA) is 52.5 Å². The fourth-order valence-electron chi connectivity index (χ4n) is 1.82. The van der Waals surface area contributed by atoms with E-state index in [4.69, 9.17) is 0 Å². The summed E-state index contributed by atoms with van der Waals surface area (Å²) in [5.74, 6) is -2.08. The molecule has 0 amide bonds. The minimum Gasteiger partial charge on any atom is -0.508 e. The second-order valence-corrected chi connectivity index (χ2v) is 4.21. The Morgan fingerprint density at radius 3 is 2.53 bits per heavy atom. The molecule has 0 aliphatic heterocycles. The first-order chi connectivity index (χ1) is 8.99. The van der Waals surface area contributed by atoms with Crippen molar-refractivity contribution in [2.75, 3.05) is 5.32 Å². The SMILES string of the molecule is CC(Nc1cccc(F)c1F)c1ccc(O)cc1O. The van der Waals surface area contributed by atoms with Gasteiger partial charge in [-0.15, -0.1) is 0 Å². The van der Waals surface area contributed by atoms with E-state index in [9.17, 15) is 19.0 Å². The van der Waals surface area contributed by atoms with Crippen LogP contribution in [0.5, 0.6) is 11.5 Å². The molecule has 5 heteroatoms. The van der Waals surface area contributed by atoms with Crippen LogP contribution in [0.2, 0.25) is 0 Å². The quantitative estimate of drug-likeness (QED) is 0.795. The van der Waals surface area contributed by atoms with Crippen LogP contribution in [0.1, 0.15) is 18.5 Å². The number of hydrogen-bond acceptors (Lipinski definition) is 3. The summed E-state index contributed by atoms with van der Waals surface area (Å²) in [6, 6.07) is 7.50. The zero-order valence-electron chi connectivity index (χ0n) is 10.2. The van der Waals surface area contributed by atoms with Gasteiger partial charge >= 0.3 is 0 Å². The number of halogens is 2. The summed E-state index contributed by atoms with van der Waals surface area (Å²) >= 11 is 0. The molecule has 1 atom stereocenters. The maximum atomic E-state index is 13.5. The van der Waals surface area contributed by atoms with E-state index >= 15 is 0 Å². The lowest BCUT2D eigenvalue weighted by molar-refractivity contribution is 0.444. The Bertz CT molecular complexity index is 602. The second-order valence-electron chi connectivity index (χ2n) is 4.21. The number of nitrogens with one attached hydrogen (secondary N) is 1. The van der Waals surface area contributed by atoms with Crippen LogP contribution in [0.4, 0.5) is 14.5 Å². The largest absolute Gasteiger partial charge is 0.508 e. The van der Waals surface area contributed by atoms with Gasteiger partial charge in [-0.3, -0.25) is 0 Å². The molecule has 2 aromatic carbocycles. The fraction of sp³-hybridized carbons (Fsp3) is 0.143. The van der Waals surface area contributed by atoms with Gasteiger partial charge < -0.3 is 15.5 Å². The summed E-state index contributed by atoms with van der Waals surface area (Å²) in [6.45, 7) is 1.69. The van der Waals surface area contributed by atoms with Gasteiger partial charge in [0.25, 0.3) is 0 Å². The highest BCUT2D eigenvalue weighted by molar-refractivity contribution is 5.49.